The molecule has 0 aromatic heterocycles. The van der Waals surface area contributed by atoms with E-state index in [1.807, 2.05) is 6.92 Å². The number of likely N-dealkylation sites (N-methyl/N-ethyl adjacent to an activating group) is 1. The largest absolute Gasteiger partial charge is 0.388 e. The average Bonchev–Trinajstić information content (AvgIpc) is 2.22. The molecule has 0 amide bonds. The van der Waals surface area contributed by atoms with Crippen LogP contribution in [0, 0.1) is 0 Å². The first kappa shape index (κ1) is 11.9. The summed E-state index contributed by atoms with van der Waals surface area (Å²) in [5.74, 6) is 0. The highest BCUT2D eigenvalue weighted by atomic mass is 16.3. The minimum absolute atomic E-state index is 0.581. The van der Waals surface area contributed by atoms with Gasteiger partial charge in [-0.3, -0.25) is 4.90 Å². The molecule has 0 aromatic rings. The number of hydrogen-bond acceptors (Lipinski definition) is 4. The van der Waals surface area contributed by atoms with E-state index in [2.05, 4.69) is 29.2 Å². The van der Waals surface area contributed by atoms with E-state index in [-0.39, 0.29) is 0 Å². The first-order valence-corrected chi connectivity index (χ1v) is 5.30. The van der Waals surface area contributed by atoms with Crippen LogP contribution in [0.15, 0.2) is 0 Å². The number of rotatable bonds is 3. The summed E-state index contributed by atoms with van der Waals surface area (Å²) in [7, 11) is 4.16. The number of nitrogens with one attached hydrogen (secondary N) is 1. The van der Waals surface area contributed by atoms with Gasteiger partial charge in [0.25, 0.3) is 0 Å². The Morgan fingerprint density at radius 1 is 1.50 bits per heavy atom. The Morgan fingerprint density at radius 2 is 2.21 bits per heavy atom. The van der Waals surface area contributed by atoms with Crippen molar-refractivity contribution < 1.29 is 5.11 Å². The predicted molar refractivity (Wildman–Crippen MR) is 58.5 cm³/mol. The predicted octanol–water partition coefficient (Wildman–Crippen LogP) is -0.796. The first-order chi connectivity index (χ1) is 6.49. The Hall–Kier alpha value is -0.160. The first-order valence-electron chi connectivity index (χ1n) is 5.30. The van der Waals surface area contributed by atoms with Gasteiger partial charge in [-0.15, -0.1) is 0 Å². The normalized spacial score (nSPS) is 30.6. The monoisotopic (exact) mass is 201 g/mol. The van der Waals surface area contributed by atoms with E-state index < -0.39 is 5.60 Å². The smallest absolute Gasteiger partial charge is 0.0869 e. The van der Waals surface area contributed by atoms with E-state index >= 15 is 0 Å². The van der Waals surface area contributed by atoms with Gasteiger partial charge in [0.05, 0.1) is 5.60 Å². The van der Waals surface area contributed by atoms with Crippen molar-refractivity contribution in [3.63, 3.8) is 0 Å². The minimum Gasteiger partial charge on any atom is -0.388 e. The maximum absolute atomic E-state index is 9.97. The maximum Gasteiger partial charge on any atom is 0.0869 e. The Balaban J connectivity index is 2.36. The topological polar surface area (TPSA) is 38.7 Å². The molecule has 0 aromatic carbocycles. The summed E-state index contributed by atoms with van der Waals surface area (Å²) in [6.45, 7) is 7.46. The SMILES string of the molecule is CN(C)CCN1CCNCC(C)(O)C1. The van der Waals surface area contributed by atoms with Crippen LogP contribution >= 0.6 is 0 Å². The van der Waals surface area contributed by atoms with Gasteiger partial charge in [-0.1, -0.05) is 0 Å². The van der Waals surface area contributed by atoms with E-state index in [9.17, 15) is 5.11 Å². The fourth-order valence-electron chi connectivity index (χ4n) is 1.74. The molecule has 0 bridgehead atoms. The van der Waals surface area contributed by atoms with E-state index in [1.165, 1.54) is 0 Å². The quantitative estimate of drug-likeness (QED) is 0.627. The lowest BCUT2D eigenvalue weighted by Gasteiger charge is -2.28. The van der Waals surface area contributed by atoms with E-state index in [4.69, 9.17) is 0 Å². The highest BCUT2D eigenvalue weighted by Crippen LogP contribution is 2.07. The third-order valence-electron chi connectivity index (χ3n) is 2.54. The Morgan fingerprint density at radius 3 is 2.86 bits per heavy atom. The molecule has 1 atom stereocenters. The molecule has 14 heavy (non-hydrogen) atoms. The Bertz CT molecular complexity index is 171. The van der Waals surface area contributed by atoms with Crippen LogP contribution in [-0.4, -0.2) is 73.9 Å². The number of hydrogen-bond donors (Lipinski definition) is 2. The van der Waals surface area contributed by atoms with Crippen LogP contribution in [-0.2, 0) is 0 Å². The van der Waals surface area contributed by atoms with Crippen LogP contribution in [0.1, 0.15) is 6.92 Å². The molecular formula is C10H23N3O. The molecule has 1 fully saturated rings. The third-order valence-corrected chi connectivity index (χ3v) is 2.54. The fraction of sp³-hybridized carbons (Fsp3) is 1.00. The molecule has 0 aliphatic carbocycles. The van der Waals surface area contributed by atoms with Crippen molar-refractivity contribution in [2.24, 2.45) is 0 Å². The molecule has 2 N–H and O–H groups in total. The van der Waals surface area contributed by atoms with Crippen molar-refractivity contribution in [2.75, 3.05) is 53.4 Å². The van der Waals surface area contributed by atoms with E-state index in [0.29, 0.717) is 6.54 Å². The van der Waals surface area contributed by atoms with Crippen LogP contribution in [0.4, 0.5) is 0 Å². The molecule has 1 unspecified atom stereocenters. The molecule has 84 valence electrons. The van der Waals surface area contributed by atoms with Crippen molar-refractivity contribution >= 4 is 0 Å². The van der Waals surface area contributed by atoms with Gasteiger partial charge in [-0.25, -0.2) is 0 Å². The maximum atomic E-state index is 9.97. The molecular weight excluding hydrogens is 178 g/mol. The summed E-state index contributed by atoms with van der Waals surface area (Å²) < 4.78 is 0. The summed E-state index contributed by atoms with van der Waals surface area (Å²) in [4.78, 5) is 4.49. The van der Waals surface area contributed by atoms with E-state index in [1.54, 1.807) is 0 Å². The second kappa shape index (κ2) is 5.07. The van der Waals surface area contributed by atoms with Gasteiger partial charge in [-0.05, 0) is 21.0 Å². The van der Waals surface area contributed by atoms with Crippen LogP contribution < -0.4 is 5.32 Å². The molecule has 1 aliphatic heterocycles. The summed E-state index contributed by atoms with van der Waals surface area (Å²) in [6, 6.07) is 0. The van der Waals surface area contributed by atoms with Crippen molar-refractivity contribution in [2.45, 2.75) is 12.5 Å². The number of aliphatic hydroxyl groups is 1. The molecule has 1 aliphatic rings. The lowest BCUT2D eigenvalue weighted by Crippen LogP contribution is -2.44. The standard InChI is InChI=1S/C10H23N3O/c1-10(14)8-11-4-5-13(9-10)7-6-12(2)3/h11,14H,4-9H2,1-3H3. The van der Waals surface area contributed by atoms with Crippen molar-refractivity contribution in [1.29, 1.82) is 0 Å². The van der Waals surface area contributed by atoms with Gasteiger partial charge in [0, 0.05) is 39.3 Å². The van der Waals surface area contributed by atoms with Crippen molar-refractivity contribution in [3.8, 4) is 0 Å². The van der Waals surface area contributed by atoms with Gasteiger partial charge < -0.3 is 15.3 Å². The van der Waals surface area contributed by atoms with Crippen molar-refractivity contribution in [3.05, 3.63) is 0 Å². The molecule has 4 heteroatoms. The number of nitrogens with zero attached hydrogens (tertiary/aromatic N) is 2. The molecule has 0 saturated carbocycles. The fourth-order valence-corrected chi connectivity index (χ4v) is 1.74. The summed E-state index contributed by atoms with van der Waals surface area (Å²) in [5.41, 5.74) is -0.581. The van der Waals surface area contributed by atoms with Crippen molar-refractivity contribution in [1.82, 2.24) is 15.1 Å². The second-order valence-electron chi connectivity index (χ2n) is 4.75. The third kappa shape index (κ3) is 4.37. The Kier molecular flexibility index (Phi) is 4.31. The summed E-state index contributed by atoms with van der Waals surface area (Å²) >= 11 is 0. The minimum atomic E-state index is -0.581. The molecule has 1 heterocycles. The van der Waals surface area contributed by atoms with Gasteiger partial charge >= 0.3 is 0 Å². The highest BCUT2D eigenvalue weighted by Gasteiger charge is 2.25. The zero-order valence-electron chi connectivity index (χ0n) is 9.58. The van der Waals surface area contributed by atoms with Gasteiger partial charge in [0.1, 0.15) is 0 Å². The van der Waals surface area contributed by atoms with Gasteiger partial charge in [-0.2, -0.15) is 0 Å². The average molecular weight is 201 g/mol. The second-order valence-corrected chi connectivity index (χ2v) is 4.75. The molecule has 0 spiro atoms. The zero-order chi connectivity index (χ0) is 10.6. The van der Waals surface area contributed by atoms with Gasteiger partial charge in [0.15, 0.2) is 0 Å². The number of β-amino-alcohol motifs (C(OH)–C–C–N with tert-alkyl or cyclic N) is 1. The lowest BCUT2D eigenvalue weighted by atomic mass is 10.1. The van der Waals surface area contributed by atoms with Crippen LogP contribution in [0.2, 0.25) is 0 Å². The summed E-state index contributed by atoms with van der Waals surface area (Å²) in [5, 5.41) is 13.2. The van der Waals surface area contributed by atoms with Crippen LogP contribution in [0.3, 0.4) is 0 Å². The zero-order valence-corrected chi connectivity index (χ0v) is 9.58. The van der Waals surface area contributed by atoms with Gasteiger partial charge in [0.2, 0.25) is 0 Å². The lowest BCUT2D eigenvalue weighted by molar-refractivity contribution is 0.0328. The Labute approximate surface area is 86.9 Å². The van der Waals surface area contributed by atoms with Crippen LogP contribution in [0.5, 0.6) is 0 Å². The molecule has 1 rings (SSSR count). The molecule has 4 nitrogen and oxygen atoms in total. The summed E-state index contributed by atoms with van der Waals surface area (Å²) in [6.07, 6.45) is 0. The highest BCUT2D eigenvalue weighted by molar-refractivity contribution is 4.83. The van der Waals surface area contributed by atoms with Crippen LogP contribution in [0.25, 0.3) is 0 Å². The van der Waals surface area contributed by atoms with E-state index in [0.717, 1.165) is 32.7 Å². The molecule has 0 radical (unpaired) electrons. The molecule has 1 saturated heterocycles.